The van der Waals surface area contributed by atoms with Crippen LogP contribution in [0.1, 0.15) is 19.3 Å². The molecule has 1 aromatic carbocycles. The fourth-order valence-corrected chi connectivity index (χ4v) is 3.22. The average molecular weight is 275 g/mol. The lowest BCUT2D eigenvalue weighted by Crippen LogP contribution is -2.40. The number of nitrogens with zero attached hydrogens (tertiary/aromatic N) is 4. The van der Waals surface area contributed by atoms with E-state index in [4.69, 9.17) is 0 Å². The third kappa shape index (κ3) is 2.45. The monoisotopic (exact) mass is 275 g/mol. The summed E-state index contributed by atoms with van der Waals surface area (Å²) in [4.78, 5) is 0. The van der Waals surface area contributed by atoms with Gasteiger partial charge in [-0.05, 0) is 41.7 Å². The molecule has 1 heterocycles. The summed E-state index contributed by atoms with van der Waals surface area (Å²) < 4.78 is 2.11. The second kappa shape index (κ2) is 5.21. The van der Waals surface area contributed by atoms with E-state index in [2.05, 4.69) is 27.1 Å². The van der Waals surface area contributed by atoms with Crippen LogP contribution >= 0.6 is 11.8 Å². The maximum absolute atomic E-state index is 4.07. The Morgan fingerprint density at radius 2 is 2.11 bits per heavy atom. The van der Waals surface area contributed by atoms with Crippen LogP contribution < -0.4 is 5.32 Å². The Kier molecular flexibility index (Phi) is 3.42. The van der Waals surface area contributed by atoms with Crippen LogP contribution in [0.3, 0.4) is 0 Å². The van der Waals surface area contributed by atoms with Crippen molar-refractivity contribution in [3.63, 3.8) is 0 Å². The lowest BCUT2D eigenvalue weighted by molar-refractivity contribution is 0.379. The highest BCUT2D eigenvalue weighted by Crippen LogP contribution is 2.42. The van der Waals surface area contributed by atoms with Gasteiger partial charge in [0.15, 0.2) is 0 Å². The van der Waals surface area contributed by atoms with Gasteiger partial charge in [-0.3, -0.25) is 0 Å². The number of para-hydroxylation sites is 1. The van der Waals surface area contributed by atoms with E-state index in [1.165, 1.54) is 19.3 Å². The van der Waals surface area contributed by atoms with E-state index in [0.29, 0.717) is 10.7 Å². The molecular formula is C13H17N5S. The van der Waals surface area contributed by atoms with Crippen molar-refractivity contribution in [1.82, 2.24) is 20.2 Å². The van der Waals surface area contributed by atoms with Crippen molar-refractivity contribution in [3.05, 3.63) is 30.3 Å². The second-order valence-electron chi connectivity index (χ2n) is 4.84. The third-order valence-corrected chi connectivity index (χ3v) is 5.16. The first kappa shape index (κ1) is 12.5. The molecule has 1 aromatic heterocycles. The predicted molar refractivity (Wildman–Crippen MR) is 77.7 cm³/mol. The van der Waals surface area contributed by atoms with Crippen LogP contribution in [0.25, 0.3) is 5.69 Å². The largest absolute Gasteiger partial charge is 0.351 e. The zero-order valence-electron chi connectivity index (χ0n) is 10.9. The van der Waals surface area contributed by atoms with Gasteiger partial charge in [0, 0.05) is 11.3 Å². The molecule has 3 rings (SSSR count). The molecule has 5 nitrogen and oxygen atoms in total. The molecule has 1 fully saturated rings. The molecule has 0 atom stereocenters. The van der Waals surface area contributed by atoms with Gasteiger partial charge in [0.25, 0.3) is 0 Å². The first-order chi connectivity index (χ1) is 9.33. The van der Waals surface area contributed by atoms with Crippen molar-refractivity contribution in [1.29, 1.82) is 0 Å². The lowest BCUT2D eigenvalue weighted by Gasteiger charge is -2.40. The van der Waals surface area contributed by atoms with Gasteiger partial charge in [0.1, 0.15) is 0 Å². The summed E-state index contributed by atoms with van der Waals surface area (Å²) in [5, 5.41) is 15.3. The molecule has 0 spiro atoms. The van der Waals surface area contributed by atoms with Crippen LogP contribution in [0, 0.1) is 0 Å². The summed E-state index contributed by atoms with van der Waals surface area (Å²) in [6.07, 6.45) is 6.05. The summed E-state index contributed by atoms with van der Waals surface area (Å²) >= 11 is 1.94. The molecule has 100 valence electrons. The highest BCUT2D eigenvalue weighted by Gasteiger charge is 2.36. The predicted octanol–water partition coefficient (Wildman–Crippen LogP) is 2.36. The molecule has 1 saturated carbocycles. The fourth-order valence-electron chi connectivity index (χ4n) is 2.30. The summed E-state index contributed by atoms with van der Waals surface area (Å²) in [6, 6.07) is 9.94. The molecule has 2 aromatic rings. The molecule has 19 heavy (non-hydrogen) atoms. The third-order valence-electron chi connectivity index (χ3n) is 3.74. The number of rotatable bonds is 5. The molecule has 0 saturated heterocycles. The van der Waals surface area contributed by atoms with Crippen LogP contribution in [0.4, 0.5) is 5.95 Å². The molecule has 0 amide bonds. The van der Waals surface area contributed by atoms with Crippen molar-refractivity contribution in [2.24, 2.45) is 0 Å². The summed E-state index contributed by atoms with van der Waals surface area (Å²) in [6.45, 7) is 0.918. The van der Waals surface area contributed by atoms with Gasteiger partial charge >= 0.3 is 0 Å². The molecule has 0 unspecified atom stereocenters. The van der Waals surface area contributed by atoms with Gasteiger partial charge in [-0.2, -0.15) is 16.4 Å². The summed E-state index contributed by atoms with van der Waals surface area (Å²) in [7, 11) is 0. The number of hydrogen-bond donors (Lipinski definition) is 1. The summed E-state index contributed by atoms with van der Waals surface area (Å²) in [5.74, 6) is 0.714. The SMILES string of the molecule is CSC1(CNc2nnnn2-c2ccccc2)CCC1. The normalized spacial score (nSPS) is 16.9. The summed E-state index contributed by atoms with van der Waals surface area (Å²) in [5.41, 5.74) is 0.974. The van der Waals surface area contributed by atoms with Crippen molar-refractivity contribution < 1.29 is 0 Å². The molecule has 0 radical (unpaired) electrons. The molecule has 1 aliphatic carbocycles. The standard InChI is InChI=1S/C13H17N5S/c1-19-13(8-5-9-13)10-14-12-15-16-17-18(12)11-6-3-2-4-7-11/h2-4,6-7H,5,8-10H2,1H3,(H,14,15,17). The van der Waals surface area contributed by atoms with Gasteiger partial charge < -0.3 is 5.32 Å². The highest BCUT2D eigenvalue weighted by atomic mass is 32.2. The van der Waals surface area contributed by atoms with Crippen molar-refractivity contribution in [2.75, 3.05) is 18.1 Å². The molecule has 1 aliphatic rings. The van der Waals surface area contributed by atoms with Gasteiger partial charge in [-0.1, -0.05) is 29.7 Å². The maximum atomic E-state index is 4.07. The number of thioether (sulfide) groups is 1. The quantitative estimate of drug-likeness (QED) is 0.908. The molecular weight excluding hydrogens is 258 g/mol. The number of aromatic nitrogens is 4. The first-order valence-electron chi connectivity index (χ1n) is 6.46. The van der Waals surface area contributed by atoms with Crippen LogP contribution in [0.15, 0.2) is 30.3 Å². The van der Waals surface area contributed by atoms with Crippen LogP contribution in [-0.2, 0) is 0 Å². The smallest absolute Gasteiger partial charge is 0.247 e. The van der Waals surface area contributed by atoms with Crippen molar-refractivity contribution >= 4 is 17.7 Å². The van der Waals surface area contributed by atoms with Crippen LogP contribution in [0.5, 0.6) is 0 Å². The van der Waals surface area contributed by atoms with E-state index >= 15 is 0 Å². The highest BCUT2D eigenvalue weighted by molar-refractivity contribution is 8.00. The Morgan fingerprint density at radius 3 is 2.74 bits per heavy atom. The molecule has 1 N–H and O–H groups in total. The minimum absolute atomic E-state index is 0.369. The second-order valence-corrected chi connectivity index (χ2v) is 6.12. The van der Waals surface area contributed by atoms with Crippen LogP contribution in [-0.4, -0.2) is 37.8 Å². The first-order valence-corrected chi connectivity index (χ1v) is 7.68. The van der Waals surface area contributed by atoms with Gasteiger partial charge in [-0.25, -0.2) is 0 Å². The zero-order valence-corrected chi connectivity index (χ0v) is 11.7. The Labute approximate surface area is 116 Å². The average Bonchev–Trinajstić information content (AvgIpc) is 2.87. The van der Waals surface area contributed by atoms with E-state index in [0.717, 1.165) is 12.2 Å². The Balaban J connectivity index is 1.74. The van der Waals surface area contributed by atoms with E-state index < -0.39 is 0 Å². The fraction of sp³-hybridized carbons (Fsp3) is 0.462. The number of hydrogen-bond acceptors (Lipinski definition) is 5. The maximum Gasteiger partial charge on any atom is 0.247 e. The molecule has 0 aliphatic heterocycles. The van der Waals surface area contributed by atoms with Crippen molar-refractivity contribution in [3.8, 4) is 5.69 Å². The van der Waals surface area contributed by atoms with E-state index in [1.807, 2.05) is 42.1 Å². The van der Waals surface area contributed by atoms with Gasteiger partial charge in [-0.15, -0.1) is 0 Å². The molecule has 0 bridgehead atoms. The Hall–Kier alpha value is -1.56. The minimum Gasteiger partial charge on any atom is -0.351 e. The zero-order chi connectivity index (χ0) is 13.1. The number of benzene rings is 1. The van der Waals surface area contributed by atoms with Gasteiger partial charge in [0.2, 0.25) is 5.95 Å². The number of anilines is 1. The minimum atomic E-state index is 0.369. The van der Waals surface area contributed by atoms with E-state index in [1.54, 1.807) is 4.68 Å². The topological polar surface area (TPSA) is 55.6 Å². The lowest BCUT2D eigenvalue weighted by atomic mass is 9.84. The Bertz CT molecular complexity index is 529. The van der Waals surface area contributed by atoms with Gasteiger partial charge in [0.05, 0.1) is 5.69 Å². The van der Waals surface area contributed by atoms with Crippen LogP contribution in [0.2, 0.25) is 0 Å². The van der Waals surface area contributed by atoms with E-state index in [-0.39, 0.29) is 0 Å². The van der Waals surface area contributed by atoms with Crippen molar-refractivity contribution in [2.45, 2.75) is 24.0 Å². The number of tetrazole rings is 1. The Morgan fingerprint density at radius 1 is 1.32 bits per heavy atom. The molecule has 6 heteroatoms. The van der Waals surface area contributed by atoms with E-state index in [9.17, 15) is 0 Å². The number of nitrogens with one attached hydrogen (secondary N) is 1.